The van der Waals surface area contributed by atoms with Crippen molar-refractivity contribution in [2.24, 2.45) is 0 Å². The zero-order valence-corrected chi connectivity index (χ0v) is 8.15. The molecule has 0 bridgehead atoms. The number of aromatic nitrogens is 3. The Hall–Kier alpha value is -2.04. The summed E-state index contributed by atoms with van der Waals surface area (Å²) in [5.41, 5.74) is 0.919. The van der Waals surface area contributed by atoms with Crippen LogP contribution in [0.1, 0.15) is 12.6 Å². The van der Waals surface area contributed by atoms with Gasteiger partial charge < -0.3 is 4.98 Å². The van der Waals surface area contributed by atoms with Gasteiger partial charge in [-0.05, 0) is 19.1 Å². The van der Waals surface area contributed by atoms with Crippen LogP contribution < -0.4 is 5.56 Å². The normalized spacial score (nSPS) is 10.5. The molecule has 0 atom stereocenters. The van der Waals surface area contributed by atoms with Crippen LogP contribution in [-0.4, -0.2) is 20.7 Å². The average molecular weight is 203 g/mol. The summed E-state index contributed by atoms with van der Waals surface area (Å²) in [5, 5.41) is 0. The van der Waals surface area contributed by atoms with Gasteiger partial charge in [0.2, 0.25) is 0 Å². The van der Waals surface area contributed by atoms with Crippen LogP contribution in [0.25, 0.3) is 11.2 Å². The summed E-state index contributed by atoms with van der Waals surface area (Å²) in [6.07, 6.45) is 1.63. The molecule has 2 aromatic rings. The highest BCUT2D eigenvalue weighted by Crippen LogP contribution is 2.02. The summed E-state index contributed by atoms with van der Waals surface area (Å²) in [5.74, 6) is -0.0942. The van der Waals surface area contributed by atoms with E-state index in [0.29, 0.717) is 11.2 Å². The van der Waals surface area contributed by atoms with E-state index in [4.69, 9.17) is 0 Å². The first-order valence-electron chi connectivity index (χ1n) is 4.50. The summed E-state index contributed by atoms with van der Waals surface area (Å²) in [6, 6.07) is 3.43. The number of carbonyl (C=O) groups excluding carboxylic acids is 1. The molecule has 0 spiro atoms. The van der Waals surface area contributed by atoms with Crippen molar-refractivity contribution in [3.63, 3.8) is 0 Å². The molecule has 15 heavy (non-hydrogen) atoms. The Kier molecular flexibility index (Phi) is 2.29. The highest BCUT2D eigenvalue weighted by molar-refractivity contribution is 5.78. The van der Waals surface area contributed by atoms with Gasteiger partial charge in [0, 0.05) is 6.20 Å². The van der Waals surface area contributed by atoms with Crippen LogP contribution in [0.4, 0.5) is 0 Å². The Morgan fingerprint density at radius 3 is 3.07 bits per heavy atom. The molecule has 0 aromatic carbocycles. The number of pyridine rings is 1. The molecule has 2 heterocycles. The number of carbonyl (C=O) groups is 1. The highest BCUT2D eigenvalue weighted by Gasteiger charge is 2.06. The quantitative estimate of drug-likeness (QED) is 0.768. The van der Waals surface area contributed by atoms with E-state index >= 15 is 0 Å². The third-order valence-corrected chi connectivity index (χ3v) is 1.95. The lowest BCUT2D eigenvalue weighted by molar-refractivity contribution is -0.116. The van der Waals surface area contributed by atoms with Crippen molar-refractivity contribution in [1.82, 2.24) is 15.0 Å². The maximum absolute atomic E-state index is 11.5. The maximum Gasteiger partial charge on any atom is 0.270 e. The lowest BCUT2D eigenvalue weighted by atomic mass is 10.2. The molecule has 0 aliphatic carbocycles. The maximum atomic E-state index is 11.5. The zero-order valence-electron chi connectivity index (χ0n) is 8.15. The third kappa shape index (κ3) is 1.90. The molecule has 0 saturated heterocycles. The topological polar surface area (TPSA) is 75.7 Å². The van der Waals surface area contributed by atoms with Crippen LogP contribution in [-0.2, 0) is 11.2 Å². The smallest absolute Gasteiger partial charge is 0.270 e. The Bertz CT molecular complexity index is 574. The van der Waals surface area contributed by atoms with Crippen molar-refractivity contribution in [2.75, 3.05) is 0 Å². The van der Waals surface area contributed by atoms with Crippen LogP contribution >= 0.6 is 0 Å². The summed E-state index contributed by atoms with van der Waals surface area (Å²) < 4.78 is 0. The van der Waals surface area contributed by atoms with Crippen molar-refractivity contribution < 1.29 is 4.79 Å². The minimum absolute atomic E-state index is 0.0435. The molecule has 1 N–H and O–H groups in total. The van der Waals surface area contributed by atoms with Gasteiger partial charge in [0.05, 0.1) is 11.9 Å². The summed E-state index contributed by atoms with van der Waals surface area (Å²) in [6.45, 7) is 1.42. The monoisotopic (exact) mass is 203 g/mol. The van der Waals surface area contributed by atoms with Crippen molar-refractivity contribution >= 4 is 16.9 Å². The average Bonchev–Trinajstić information content (AvgIpc) is 2.18. The van der Waals surface area contributed by atoms with Gasteiger partial charge in [0.15, 0.2) is 5.65 Å². The summed E-state index contributed by atoms with van der Waals surface area (Å²) >= 11 is 0. The van der Waals surface area contributed by atoms with E-state index < -0.39 is 0 Å². The van der Waals surface area contributed by atoms with Crippen molar-refractivity contribution in [1.29, 1.82) is 0 Å². The molecule has 5 heteroatoms. The predicted octanol–water partition coefficient (Wildman–Crippen LogP) is 0.450. The first-order chi connectivity index (χ1) is 7.16. The van der Waals surface area contributed by atoms with E-state index in [1.54, 1.807) is 18.3 Å². The van der Waals surface area contributed by atoms with Gasteiger partial charge in [-0.3, -0.25) is 9.59 Å². The van der Waals surface area contributed by atoms with Crippen LogP contribution in [0.3, 0.4) is 0 Å². The van der Waals surface area contributed by atoms with Gasteiger partial charge in [-0.1, -0.05) is 0 Å². The molecule has 0 aliphatic rings. The standard InChI is InChI=1S/C10H9N3O2/c1-6(14)5-8-10(15)13-7-3-2-4-11-9(7)12-8/h2-4H,5H2,1H3,(H,13,15). The molecule has 0 aliphatic heterocycles. The van der Waals surface area contributed by atoms with E-state index in [9.17, 15) is 9.59 Å². The Balaban J connectivity index is 2.62. The summed E-state index contributed by atoms with van der Waals surface area (Å²) in [7, 11) is 0. The molecule has 76 valence electrons. The number of H-pyrrole nitrogens is 1. The number of Topliss-reactive ketones (excluding diaryl/α,β-unsaturated/α-hetero) is 1. The second kappa shape index (κ2) is 3.61. The fourth-order valence-electron chi connectivity index (χ4n) is 1.31. The first kappa shape index (κ1) is 9.51. The molecular formula is C10H9N3O2. The largest absolute Gasteiger partial charge is 0.318 e. The lowest BCUT2D eigenvalue weighted by Crippen LogP contribution is -2.17. The van der Waals surface area contributed by atoms with Gasteiger partial charge in [-0.15, -0.1) is 0 Å². The highest BCUT2D eigenvalue weighted by atomic mass is 16.1. The SMILES string of the molecule is CC(=O)Cc1nc2ncccc2[nH]c1=O. The van der Waals surface area contributed by atoms with Gasteiger partial charge in [-0.25, -0.2) is 9.97 Å². The summed E-state index contributed by atoms with van der Waals surface area (Å²) in [4.78, 5) is 33.0. The van der Waals surface area contributed by atoms with Gasteiger partial charge >= 0.3 is 0 Å². The van der Waals surface area contributed by atoms with Crippen molar-refractivity contribution in [2.45, 2.75) is 13.3 Å². The molecule has 0 saturated carbocycles. The van der Waals surface area contributed by atoms with E-state index in [0.717, 1.165) is 0 Å². The van der Waals surface area contributed by atoms with E-state index in [1.807, 2.05) is 0 Å². The number of rotatable bonds is 2. The minimum atomic E-state index is -0.328. The third-order valence-electron chi connectivity index (χ3n) is 1.95. The Labute approximate surface area is 85.2 Å². The van der Waals surface area contributed by atoms with Crippen LogP contribution in [0.5, 0.6) is 0 Å². The molecule has 0 radical (unpaired) electrons. The number of fused-ring (bicyclic) bond motifs is 1. The fraction of sp³-hybridized carbons (Fsp3) is 0.200. The molecule has 2 rings (SSSR count). The first-order valence-corrected chi connectivity index (χ1v) is 4.50. The van der Waals surface area contributed by atoms with E-state index in [1.165, 1.54) is 6.92 Å². The molecule has 0 unspecified atom stereocenters. The van der Waals surface area contributed by atoms with E-state index in [-0.39, 0.29) is 23.5 Å². The second-order valence-corrected chi connectivity index (χ2v) is 3.27. The van der Waals surface area contributed by atoms with Crippen LogP contribution in [0, 0.1) is 0 Å². The van der Waals surface area contributed by atoms with E-state index in [2.05, 4.69) is 15.0 Å². The molecule has 0 fully saturated rings. The predicted molar refractivity (Wildman–Crippen MR) is 54.5 cm³/mol. The number of nitrogens with zero attached hydrogens (tertiary/aromatic N) is 2. The Morgan fingerprint density at radius 1 is 1.53 bits per heavy atom. The minimum Gasteiger partial charge on any atom is -0.318 e. The second-order valence-electron chi connectivity index (χ2n) is 3.27. The number of nitrogens with one attached hydrogen (secondary N) is 1. The van der Waals surface area contributed by atoms with Crippen LogP contribution in [0.15, 0.2) is 23.1 Å². The number of ketones is 1. The molecule has 5 nitrogen and oxygen atoms in total. The molecular weight excluding hydrogens is 194 g/mol. The fourth-order valence-corrected chi connectivity index (χ4v) is 1.31. The van der Waals surface area contributed by atoms with Gasteiger partial charge in [-0.2, -0.15) is 0 Å². The Morgan fingerprint density at radius 2 is 2.33 bits per heavy atom. The van der Waals surface area contributed by atoms with Crippen molar-refractivity contribution in [3.8, 4) is 0 Å². The number of aromatic amines is 1. The van der Waals surface area contributed by atoms with Gasteiger partial charge in [0.1, 0.15) is 11.5 Å². The van der Waals surface area contributed by atoms with Gasteiger partial charge in [0.25, 0.3) is 5.56 Å². The lowest BCUT2D eigenvalue weighted by Gasteiger charge is -1.98. The van der Waals surface area contributed by atoms with Crippen molar-refractivity contribution in [3.05, 3.63) is 34.4 Å². The number of hydrogen-bond acceptors (Lipinski definition) is 4. The zero-order chi connectivity index (χ0) is 10.8. The molecule has 2 aromatic heterocycles. The number of hydrogen-bond donors (Lipinski definition) is 1. The molecule has 0 amide bonds. The van der Waals surface area contributed by atoms with Crippen LogP contribution in [0.2, 0.25) is 0 Å².